The van der Waals surface area contributed by atoms with Gasteiger partial charge in [0.05, 0.1) is 0 Å². The minimum atomic E-state index is -0.782. The standard InChI is InChI=1S/C5H11NO2.C5H10O2/c1-4(5(7)8)6(2)3;1-2-3-4-5(6)7/h4H,1-3H3,(H,7,8);2-4H2,1H3,(H,6,7). The highest BCUT2D eigenvalue weighted by molar-refractivity contribution is 5.72. The van der Waals surface area contributed by atoms with Crippen LogP contribution in [0.1, 0.15) is 33.1 Å². The van der Waals surface area contributed by atoms with Gasteiger partial charge >= 0.3 is 11.9 Å². The van der Waals surface area contributed by atoms with E-state index in [1.807, 2.05) is 6.92 Å². The van der Waals surface area contributed by atoms with E-state index in [1.165, 1.54) is 0 Å². The Morgan fingerprint density at radius 1 is 1.27 bits per heavy atom. The maximum absolute atomic E-state index is 10.1. The van der Waals surface area contributed by atoms with Crippen LogP contribution in [0.2, 0.25) is 0 Å². The van der Waals surface area contributed by atoms with Gasteiger partial charge in [-0.05, 0) is 27.4 Å². The molecule has 0 aromatic carbocycles. The molecule has 0 saturated carbocycles. The molecular formula is C10H21NO4. The Labute approximate surface area is 90.7 Å². The van der Waals surface area contributed by atoms with Gasteiger partial charge in [-0.3, -0.25) is 14.5 Å². The zero-order valence-corrected chi connectivity index (χ0v) is 9.86. The molecule has 15 heavy (non-hydrogen) atoms. The van der Waals surface area contributed by atoms with E-state index in [1.54, 1.807) is 25.9 Å². The highest BCUT2D eigenvalue weighted by Crippen LogP contribution is 1.91. The van der Waals surface area contributed by atoms with Gasteiger partial charge in [0.1, 0.15) is 6.04 Å². The van der Waals surface area contributed by atoms with Crippen molar-refractivity contribution in [2.75, 3.05) is 14.1 Å². The van der Waals surface area contributed by atoms with Gasteiger partial charge in [-0.15, -0.1) is 0 Å². The van der Waals surface area contributed by atoms with Crippen LogP contribution in [0.4, 0.5) is 0 Å². The van der Waals surface area contributed by atoms with Gasteiger partial charge < -0.3 is 10.2 Å². The molecule has 0 aliphatic carbocycles. The third kappa shape index (κ3) is 12.9. The smallest absolute Gasteiger partial charge is 0.320 e. The molecule has 0 saturated heterocycles. The van der Waals surface area contributed by atoms with Gasteiger partial charge in [0.25, 0.3) is 0 Å². The Hall–Kier alpha value is -1.10. The minimum Gasteiger partial charge on any atom is -0.481 e. The molecule has 0 radical (unpaired) electrons. The Morgan fingerprint density at radius 2 is 1.73 bits per heavy atom. The summed E-state index contributed by atoms with van der Waals surface area (Å²) in [6.07, 6.45) is 2.08. The van der Waals surface area contributed by atoms with Crippen LogP contribution in [-0.4, -0.2) is 47.2 Å². The second kappa shape index (κ2) is 9.45. The van der Waals surface area contributed by atoms with E-state index in [0.717, 1.165) is 12.8 Å². The van der Waals surface area contributed by atoms with Gasteiger partial charge in [-0.2, -0.15) is 0 Å². The van der Waals surface area contributed by atoms with E-state index >= 15 is 0 Å². The quantitative estimate of drug-likeness (QED) is 0.728. The number of carbonyl (C=O) groups is 2. The number of likely N-dealkylation sites (N-methyl/N-ethyl adjacent to an activating group) is 1. The molecule has 0 fully saturated rings. The molecule has 5 nitrogen and oxygen atoms in total. The topological polar surface area (TPSA) is 77.8 Å². The normalized spacial score (nSPS) is 11.5. The lowest BCUT2D eigenvalue weighted by Gasteiger charge is -2.13. The van der Waals surface area contributed by atoms with E-state index in [0.29, 0.717) is 6.42 Å². The van der Waals surface area contributed by atoms with Crippen LogP contribution in [-0.2, 0) is 9.59 Å². The Balaban J connectivity index is 0. The molecule has 0 aliphatic heterocycles. The number of hydrogen-bond acceptors (Lipinski definition) is 3. The lowest BCUT2D eigenvalue weighted by atomic mass is 10.3. The van der Waals surface area contributed by atoms with Crippen molar-refractivity contribution in [1.29, 1.82) is 0 Å². The summed E-state index contributed by atoms with van der Waals surface area (Å²) >= 11 is 0. The summed E-state index contributed by atoms with van der Waals surface area (Å²) < 4.78 is 0. The first-order chi connectivity index (χ1) is 6.82. The van der Waals surface area contributed by atoms with E-state index < -0.39 is 11.9 Å². The van der Waals surface area contributed by atoms with E-state index in [-0.39, 0.29) is 6.04 Å². The zero-order chi connectivity index (χ0) is 12.4. The van der Waals surface area contributed by atoms with Gasteiger partial charge in [0.15, 0.2) is 0 Å². The van der Waals surface area contributed by atoms with Crippen LogP contribution in [0.15, 0.2) is 0 Å². The first kappa shape index (κ1) is 16.3. The number of hydrogen-bond donors (Lipinski definition) is 2. The second-order valence-corrected chi connectivity index (χ2v) is 3.48. The summed E-state index contributed by atoms with van der Waals surface area (Å²) in [4.78, 5) is 21.5. The lowest BCUT2D eigenvalue weighted by molar-refractivity contribution is -0.141. The number of carboxylic acid groups (broad SMARTS) is 2. The van der Waals surface area contributed by atoms with Crippen LogP contribution in [0.25, 0.3) is 0 Å². The SMILES string of the molecule is CC(C(=O)O)N(C)C.CCCCC(=O)O. The van der Waals surface area contributed by atoms with Crippen LogP contribution in [0.5, 0.6) is 0 Å². The highest BCUT2D eigenvalue weighted by atomic mass is 16.4. The van der Waals surface area contributed by atoms with Crippen LogP contribution < -0.4 is 0 Å². The molecule has 0 spiro atoms. The third-order valence-electron chi connectivity index (χ3n) is 1.88. The third-order valence-corrected chi connectivity index (χ3v) is 1.88. The summed E-state index contributed by atoms with van der Waals surface area (Å²) in [6, 6.07) is -0.380. The first-order valence-electron chi connectivity index (χ1n) is 4.93. The molecule has 5 heteroatoms. The number of aliphatic carboxylic acids is 2. The van der Waals surface area contributed by atoms with Crippen LogP contribution in [0.3, 0.4) is 0 Å². The average molecular weight is 219 g/mol. The van der Waals surface area contributed by atoms with Gasteiger partial charge in [0.2, 0.25) is 0 Å². The predicted octanol–water partition coefficient (Wildman–Crippen LogP) is 1.28. The molecule has 90 valence electrons. The fraction of sp³-hybridized carbons (Fsp3) is 0.800. The fourth-order valence-electron chi connectivity index (χ4n) is 0.549. The molecule has 0 aliphatic rings. The molecule has 0 heterocycles. The summed E-state index contributed by atoms with van der Waals surface area (Å²) in [5, 5.41) is 16.4. The van der Waals surface area contributed by atoms with Crippen molar-refractivity contribution in [2.45, 2.75) is 39.2 Å². The summed E-state index contributed by atoms with van der Waals surface area (Å²) in [5.41, 5.74) is 0. The number of unbranched alkanes of at least 4 members (excludes halogenated alkanes) is 1. The molecule has 1 unspecified atom stereocenters. The van der Waals surface area contributed by atoms with Crippen LogP contribution in [0, 0.1) is 0 Å². The van der Waals surface area contributed by atoms with Crippen LogP contribution >= 0.6 is 0 Å². The Bertz CT molecular complexity index is 192. The molecule has 0 amide bonds. The summed E-state index contributed by atoms with van der Waals surface area (Å²) in [6.45, 7) is 3.62. The largest absolute Gasteiger partial charge is 0.481 e. The molecule has 0 aromatic heterocycles. The molecule has 2 N–H and O–H groups in total. The van der Waals surface area contributed by atoms with Crippen molar-refractivity contribution in [3.8, 4) is 0 Å². The van der Waals surface area contributed by atoms with Crippen molar-refractivity contribution < 1.29 is 19.8 Å². The Kier molecular flexibility index (Phi) is 10.3. The van der Waals surface area contributed by atoms with E-state index in [2.05, 4.69) is 0 Å². The molecule has 1 atom stereocenters. The molecule has 0 bridgehead atoms. The molecule has 0 aromatic rings. The maximum atomic E-state index is 10.1. The van der Waals surface area contributed by atoms with Gasteiger partial charge in [-0.1, -0.05) is 13.3 Å². The van der Waals surface area contributed by atoms with Gasteiger partial charge in [-0.25, -0.2) is 0 Å². The van der Waals surface area contributed by atoms with Crippen molar-refractivity contribution in [2.24, 2.45) is 0 Å². The van der Waals surface area contributed by atoms with Crippen molar-refractivity contribution in [1.82, 2.24) is 4.90 Å². The molecule has 0 rings (SSSR count). The van der Waals surface area contributed by atoms with Gasteiger partial charge in [0, 0.05) is 6.42 Å². The van der Waals surface area contributed by atoms with E-state index in [9.17, 15) is 9.59 Å². The molecular weight excluding hydrogens is 198 g/mol. The fourth-order valence-corrected chi connectivity index (χ4v) is 0.549. The van der Waals surface area contributed by atoms with E-state index in [4.69, 9.17) is 10.2 Å². The Morgan fingerprint density at radius 3 is 1.80 bits per heavy atom. The number of nitrogens with zero attached hydrogens (tertiary/aromatic N) is 1. The monoisotopic (exact) mass is 219 g/mol. The summed E-state index contributed by atoms with van der Waals surface area (Å²) in [7, 11) is 3.47. The second-order valence-electron chi connectivity index (χ2n) is 3.48. The van der Waals surface area contributed by atoms with Crippen molar-refractivity contribution in [3.63, 3.8) is 0 Å². The zero-order valence-electron chi connectivity index (χ0n) is 9.86. The maximum Gasteiger partial charge on any atom is 0.320 e. The summed E-state index contributed by atoms with van der Waals surface area (Å²) in [5.74, 6) is -1.48. The first-order valence-corrected chi connectivity index (χ1v) is 4.93. The predicted molar refractivity (Wildman–Crippen MR) is 57.9 cm³/mol. The minimum absolute atomic E-state index is 0.316. The van der Waals surface area contributed by atoms with Crippen molar-refractivity contribution in [3.05, 3.63) is 0 Å². The average Bonchev–Trinajstić information content (AvgIpc) is 2.14. The number of carboxylic acids is 2. The highest BCUT2D eigenvalue weighted by Gasteiger charge is 2.11. The van der Waals surface area contributed by atoms with Crippen molar-refractivity contribution >= 4 is 11.9 Å². The number of rotatable bonds is 5. The lowest BCUT2D eigenvalue weighted by Crippen LogP contribution is -2.32.